The first kappa shape index (κ1) is 16.2. The molecule has 0 aliphatic carbocycles. The number of benzene rings is 1. The largest absolute Gasteiger partial charge is 0.493 e. The molecule has 8 heteroatoms. The van der Waals surface area contributed by atoms with Crippen molar-refractivity contribution in [3.63, 3.8) is 0 Å². The van der Waals surface area contributed by atoms with Crippen LogP contribution in [0.5, 0.6) is 5.75 Å². The number of aromatic nitrogens is 2. The molecule has 2 aromatic rings. The minimum Gasteiger partial charge on any atom is -0.493 e. The monoisotopic (exact) mass is 322 g/mol. The van der Waals surface area contributed by atoms with Crippen molar-refractivity contribution in [2.75, 3.05) is 6.61 Å². The van der Waals surface area contributed by atoms with E-state index in [9.17, 15) is 4.79 Å². The maximum Gasteiger partial charge on any atom is 0.322 e. The zero-order valence-corrected chi connectivity index (χ0v) is 13.3. The van der Waals surface area contributed by atoms with Gasteiger partial charge in [-0.05, 0) is 49.1 Å². The number of ether oxygens (including phenoxy) is 1. The highest BCUT2D eigenvalue weighted by atomic mass is 32.1. The van der Waals surface area contributed by atoms with E-state index in [-0.39, 0.29) is 4.87 Å². The summed E-state index contributed by atoms with van der Waals surface area (Å²) in [5.41, 5.74) is 2.93. The Hall–Kier alpha value is -2.19. The minimum absolute atomic E-state index is 0.124. The van der Waals surface area contributed by atoms with Gasteiger partial charge in [0.25, 0.3) is 0 Å². The van der Waals surface area contributed by atoms with Gasteiger partial charge in [0, 0.05) is 6.42 Å². The molecule has 22 heavy (non-hydrogen) atoms. The number of aryl methyl sites for hydroxylation is 3. The van der Waals surface area contributed by atoms with Crippen LogP contribution < -0.4 is 15.5 Å². The molecule has 7 nitrogen and oxygen atoms in total. The van der Waals surface area contributed by atoms with E-state index < -0.39 is 0 Å². The molecule has 0 amide bonds. The van der Waals surface area contributed by atoms with E-state index in [4.69, 9.17) is 10.6 Å². The van der Waals surface area contributed by atoms with Crippen molar-refractivity contribution >= 4 is 17.6 Å². The highest BCUT2D eigenvalue weighted by molar-refractivity contribution is 7.08. The fourth-order valence-corrected chi connectivity index (χ4v) is 2.79. The first-order valence-corrected chi connectivity index (χ1v) is 7.59. The van der Waals surface area contributed by atoms with Crippen LogP contribution in [0.1, 0.15) is 28.1 Å². The molecule has 1 aromatic carbocycles. The maximum atomic E-state index is 11.0. The van der Waals surface area contributed by atoms with Crippen LogP contribution in [0.3, 0.4) is 0 Å². The van der Waals surface area contributed by atoms with Gasteiger partial charge in [-0.2, -0.15) is 5.10 Å². The summed E-state index contributed by atoms with van der Waals surface area (Å²) in [6.07, 6.45) is 3.06. The number of nitrogens with one attached hydrogen (secondary N) is 1. The van der Waals surface area contributed by atoms with E-state index in [1.807, 2.05) is 26.0 Å². The normalized spacial score (nSPS) is 11.0. The van der Waals surface area contributed by atoms with Crippen molar-refractivity contribution in [3.05, 3.63) is 43.5 Å². The van der Waals surface area contributed by atoms with Gasteiger partial charge in [-0.25, -0.2) is 5.10 Å². The number of hydrogen-bond acceptors (Lipinski definition) is 7. The number of nitrogens with two attached hydrogens (primary N) is 1. The summed E-state index contributed by atoms with van der Waals surface area (Å²) < 4.78 is 5.84. The highest BCUT2D eigenvalue weighted by Crippen LogP contribution is 2.24. The molecule has 118 valence electrons. The third-order valence-corrected chi connectivity index (χ3v) is 3.82. The van der Waals surface area contributed by atoms with E-state index in [0.29, 0.717) is 6.61 Å². The topological polar surface area (TPSA) is 103 Å². The second kappa shape index (κ2) is 7.71. The lowest BCUT2D eigenvalue weighted by Crippen LogP contribution is -2.03. The average molecular weight is 322 g/mol. The molecule has 0 fully saturated rings. The SMILES string of the molecule is Cc1cc(C=NON)cc(C)c1OCCCc1n[nH]c(=O)s1. The Kier molecular flexibility index (Phi) is 5.68. The number of nitrogens with zero attached hydrogens (tertiary/aromatic N) is 2. The highest BCUT2D eigenvalue weighted by Gasteiger charge is 2.06. The van der Waals surface area contributed by atoms with Crippen molar-refractivity contribution in [2.24, 2.45) is 11.1 Å². The molecule has 0 aliphatic rings. The zero-order valence-electron chi connectivity index (χ0n) is 12.5. The third kappa shape index (κ3) is 4.40. The Balaban J connectivity index is 1.92. The molecule has 1 aromatic heterocycles. The van der Waals surface area contributed by atoms with Gasteiger partial charge >= 0.3 is 4.87 Å². The van der Waals surface area contributed by atoms with Crippen LogP contribution in [-0.4, -0.2) is 23.0 Å². The van der Waals surface area contributed by atoms with Gasteiger partial charge in [0.1, 0.15) is 10.8 Å². The lowest BCUT2D eigenvalue weighted by molar-refractivity contribution is 0.150. The van der Waals surface area contributed by atoms with Crippen LogP contribution in [0.4, 0.5) is 0 Å². The van der Waals surface area contributed by atoms with Gasteiger partial charge < -0.3 is 9.68 Å². The fourth-order valence-electron chi connectivity index (χ4n) is 2.14. The predicted octanol–water partition coefficient (Wildman–Crippen LogP) is 1.68. The Bertz CT molecular complexity index is 685. The molecule has 0 radical (unpaired) electrons. The summed E-state index contributed by atoms with van der Waals surface area (Å²) >= 11 is 1.14. The number of hydrogen-bond donors (Lipinski definition) is 2. The second-order valence-electron chi connectivity index (χ2n) is 4.78. The average Bonchev–Trinajstić information content (AvgIpc) is 2.89. The summed E-state index contributed by atoms with van der Waals surface area (Å²) in [7, 11) is 0. The quantitative estimate of drug-likeness (QED) is 0.459. The van der Waals surface area contributed by atoms with Crippen LogP contribution in [0.2, 0.25) is 0 Å². The van der Waals surface area contributed by atoms with E-state index in [2.05, 4.69) is 20.3 Å². The number of aromatic amines is 1. The Morgan fingerprint density at radius 2 is 2.14 bits per heavy atom. The van der Waals surface area contributed by atoms with Crippen molar-refractivity contribution in [1.82, 2.24) is 10.2 Å². The lowest BCUT2D eigenvalue weighted by Gasteiger charge is -2.12. The van der Waals surface area contributed by atoms with Crippen molar-refractivity contribution in [1.29, 1.82) is 0 Å². The number of H-pyrrole nitrogens is 1. The molecule has 0 saturated heterocycles. The van der Waals surface area contributed by atoms with Crippen molar-refractivity contribution in [3.8, 4) is 5.75 Å². The fraction of sp³-hybridized carbons (Fsp3) is 0.357. The molecule has 0 atom stereocenters. The molecular formula is C14H18N4O3S. The number of oxime groups is 1. The molecular weight excluding hydrogens is 304 g/mol. The Morgan fingerprint density at radius 3 is 2.73 bits per heavy atom. The molecule has 0 bridgehead atoms. The first-order chi connectivity index (χ1) is 10.6. The lowest BCUT2D eigenvalue weighted by atomic mass is 10.1. The Labute approximate surface area is 131 Å². The van der Waals surface area contributed by atoms with Gasteiger partial charge in [0.15, 0.2) is 0 Å². The predicted molar refractivity (Wildman–Crippen MR) is 85.3 cm³/mol. The summed E-state index contributed by atoms with van der Waals surface area (Å²) in [4.78, 5) is 15.0. The molecule has 0 unspecified atom stereocenters. The van der Waals surface area contributed by atoms with E-state index in [1.165, 1.54) is 0 Å². The third-order valence-electron chi connectivity index (χ3n) is 3.01. The van der Waals surface area contributed by atoms with E-state index in [0.717, 1.165) is 51.6 Å². The zero-order chi connectivity index (χ0) is 15.9. The van der Waals surface area contributed by atoms with E-state index in [1.54, 1.807) is 6.21 Å². The van der Waals surface area contributed by atoms with E-state index >= 15 is 0 Å². The van der Waals surface area contributed by atoms with Crippen molar-refractivity contribution in [2.45, 2.75) is 26.7 Å². The first-order valence-electron chi connectivity index (χ1n) is 6.78. The van der Waals surface area contributed by atoms with Crippen LogP contribution >= 0.6 is 11.3 Å². The standard InChI is InChI=1S/C14H18N4O3S/c1-9-6-11(8-16-21-15)7-10(2)13(9)20-5-3-4-12-17-18-14(19)22-12/h6-8H,3-5,15H2,1-2H3,(H,18,19). The summed E-state index contributed by atoms with van der Waals surface area (Å²) in [5, 5.41) is 10.7. The van der Waals surface area contributed by atoms with Gasteiger partial charge in [0.05, 0.1) is 12.8 Å². The van der Waals surface area contributed by atoms with Gasteiger partial charge in [-0.1, -0.05) is 16.5 Å². The molecule has 1 heterocycles. The summed E-state index contributed by atoms with van der Waals surface area (Å²) in [6.45, 7) is 4.51. The minimum atomic E-state index is -0.124. The van der Waals surface area contributed by atoms with Crippen LogP contribution in [0, 0.1) is 13.8 Å². The Morgan fingerprint density at radius 1 is 1.41 bits per heavy atom. The van der Waals surface area contributed by atoms with Gasteiger partial charge in [-0.15, -0.1) is 5.90 Å². The molecule has 3 N–H and O–H groups in total. The van der Waals surface area contributed by atoms with Gasteiger partial charge in [-0.3, -0.25) is 4.79 Å². The van der Waals surface area contributed by atoms with Crippen LogP contribution in [0.15, 0.2) is 22.1 Å². The summed E-state index contributed by atoms with van der Waals surface area (Å²) in [6, 6.07) is 3.90. The molecule has 0 aliphatic heterocycles. The number of rotatable bonds is 7. The molecule has 0 spiro atoms. The van der Waals surface area contributed by atoms with Crippen LogP contribution in [0.25, 0.3) is 0 Å². The second-order valence-corrected chi connectivity index (χ2v) is 5.83. The molecule has 0 saturated carbocycles. The van der Waals surface area contributed by atoms with Gasteiger partial charge in [0.2, 0.25) is 0 Å². The van der Waals surface area contributed by atoms with Crippen molar-refractivity contribution < 1.29 is 9.68 Å². The molecule has 2 rings (SSSR count). The van der Waals surface area contributed by atoms with Crippen LogP contribution in [-0.2, 0) is 11.4 Å². The smallest absolute Gasteiger partial charge is 0.322 e. The summed E-state index contributed by atoms with van der Waals surface area (Å²) in [5.74, 6) is 5.73. The maximum absolute atomic E-state index is 11.0.